The molecule has 0 aliphatic carbocycles. The van der Waals surface area contributed by atoms with Crippen molar-refractivity contribution in [2.24, 2.45) is 0 Å². The van der Waals surface area contributed by atoms with Crippen LogP contribution in [-0.4, -0.2) is 41.6 Å². The van der Waals surface area contributed by atoms with Gasteiger partial charge in [-0.25, -0.2) is 4.79 Å². The number of aliphatic carboxylic acids is 1. The molecule has 206 valence electrons. The van der Waals surface area contributed by atoms with E-state index < -0.39 is 17.7 Å². The van der Waals surface area contributed by atoms with Crippen LogP contribution >= 0.6 is 0 Å². The fourth-order valence-corrected chi connectivity index (χ4v) is 4.62. The number of nitrogens with one attached hydrogen (secondary N) is 3. The van der Waals surface area contributed by atoms with Gasteiger partial charge in [0.1, 0.15) is 11.4 Å². The summed E-state index contributed by atoms with van der Waals surface area (Å²) in [7, 11) is 1.50. The Morgan fingerprint density at radius 3 is 2.23 bits per heavy atom. The number of rotatable bonds is 12. The number of anilines is 2. The quantitative estimate of drug-likeness (QED) is 0.234. The predicted octanol–water partition coefficient (Wildman–Crippen LogP) is 5.32. The first kappa shape index (κ1) is 29.2. The number of hydrogen-bond acceptors (Lipinski definition) is 5. The van der Waals surface area contributed by atoms with Gasteiger partial charge < -0.3 is 25.8 Å². The van der Waals surface area contributed by atoms with E-state index >= 15 is 0 Å². The maximum atomic E-state index is 12.7. The largest absolute Gasteiger partial charge is 0.495 e. The summed E-state index contributed by atoms with van der Waals surface area (Å²) >= 11 is 0. The van der Waals surface area contributed by atoms with E-state index in [9.17, 15) is 19.5 Å². The highest BCUT2D eigenvalue weighted by Gasteiger charge is 2.38. The molecule has 0 fully saturated rings. The zero-order chi connectivity index (χ0) is 28.4. The van der Waals surface area contributed by atoms with Crippen molar-refractivity contribution in [3.8, 4) is 5.75 Å². The Kier molecular flexibility index (Phi) is 10.1. The Labute approximate surface area is 229 Å². The number of hydrogen-bond donors (Lipinski definition) is 4. The summed E-state index contributed by atoms with van der Waals surface area (Å²) in [6, 6.07) is 22.0. The molecule has 4 N–H and O–H groups in total. The molecule has 0 heterocycles. The molecule has 0 spiro atoms. The van der Waals surface area contributed by atoms with Gasteiger partial charge in [0, 0.05) is 25.7 Å². The van der Waals surface area contributed by atoms with Crippen LogP contribution < -0.4 is 20.7 Å². The summed E-state index contributed by atoms with van der Waals surface area (Å²) in [5.74, 6) is -0.796. The van der Waals surface area contributed by atoms with Crippen LogP contribution in [0.4, 0.5) is 16.2 Å². The van der Waals surface area contributed by atoms with Gasteiger partial charge in [0.15, 0.2) is 0 Å². The second-order valence-corrected chi connectivity index (χ2v) is 9.26. The van der Waals surface area contributed by atoms with Crippen molar-refractivity contribution < 1.29 is 24.2 Å². The Balaban J connectivity index is 1.99. The van der Waals surface area contributed by atoms with E-state index in [0.717, 1.165) is 11.1 Å². The molecule has 3 amide bonds. The average Bonchev–Trinajstić information content (AvgIpc) is 2.91. The van der Waals surface area contributed by atoms with Crippen LogP contribution in [0, 0.1) is 6.92 Å². The second-order valence-electron chi connectivity index (χ2n) is 9.26. The van der Waals surface area contributed by atoms with E-state index in [0.29, 0.717) is 35.7 Å². The van der Waals surface area contributed by atoms with Gasteiger partial charge in [0.05, 0.1) is 19.2 Å². The van der Waals surface area contributed by atoms with Gasteiger partial charge in [0.2, 0.25) is 5.91 Å². The van der Waals surface area contributed by atoms with E-state index in [-0.39, 0.29) is 18.9 Å². The predicted molar refractivity (Wildman–Crippen MR) is 152 cm³/mol. The Hall–Kier alpha value is -4.37. The number of methoxy groups -OCH3 is 1. The first-order valence-electron chi connectivity index (χ1n) is 12.8. The summed E-state index contributed by atoms with van der Waals surface area (Å²) in [5, 5.41) is 18.2. The molecular formula is C30H36N4O5. The van der Waals surface area contributed by atoms with Crippen molar-refractivity contribution in [1.29, 1.82) is 0 Å². The minimum atomic E-state index is -1.04. The smallest absolute Gasteiger partial charge is 0.323 e. The van der Waals surface area contributed by atoms with E-state index in [1.807, 2.05) is 79.4 Å². The number of benzene rings is 3. The van der Waals surface area contributed by atoms with Gasteiger partial charge in [-0.15, -0.1) is 0 Å². The fourth-order valence-electron chi connectivity index (χ4n) is 4.62. The second kappa shape index (κ2) is 13.4. The van der Waals surface area contributed by atoms with Crippen LogP contribution in [0.1, 0.15) is 43.4 Å². The number of nitrogens with zero attached hydrogens (tertiary/aromatic N) is 1. The first-order chi connectivity index (χ1) is 18.7. The third kappa shape index (κ3) is 7.58. The minimum absolute atomic E-state index is 0.107. The molecule has 0 saturated carbocycles. The topological polar surface area (TPSA) is 120 Å². The molecule has 0 radical (unpaired) electrons. The molecule has 1 atom stereocenters. The molecular weight excluding hydrogens is 496 g/mol. The average molecular weight is 533 g/mol. The minimum Gasteiger partial charge on any atom is -0.495 e. The lowest BCUT2D eigenvalue weighted by Crippen LogP contribution is -2.57. The zero-order valence-electron chi connectivity index (χ0n) is 22.8. The highest BCUT2D eigenvalue weighted by Crippen LogP contribution is 2.36. The van der Waals surface area contributed by atoms with Crippen molar-refractivity contribution in [2.75, 3.05) is 24.3 Å². The molecule has 3 aromatic carbocycles. The van der Waals surface area contributed by atoms with Crippen LogP contribution in [0.3, 0.4) is 0 Å². The number of carboxylic acid groups (broad SMARTS) is 1. The summed E-state index contributed by atoms with van der Waals surface area (Å²) in [4.78, 5) is 38.8. The Bertz CT molecular complexity index is 1300. The van der Waals surface area contributed by atoms with Gasteiger partial charge >= 0.3 is 12.0 Å². The number of amides is 3. The molecule has 0 aliphatic heterocycles. The molecule has 9 nitrogen and oxygen atoms in total. The lowest BCUT2D eigenvalue weighted by atomic mass is 9.92. The Morgan fingerprint density at radius 2 is 1.62 bits per heavy atom. The van der Waals surface area contributed by atoms with Crippen LogP contribution in [0.2, 0.25) is 0 Å². The summed E-state index contributed by atoms with van der Waals surface area (Å²) in [5.41, 5.74) is 2.70. The molecule has 3 rings (SSSR count). The van der Waals surface area contributed by atoms with E-state index in [1.165, 1.54) is 14.0 Å². The number of aryl methyl sites for hydroxylation is 1. The van der Waals surface area contributed by atoms with Gasteiger partial charge in [-0.1, -0.05) is 61.5 Å². The molecule has 3 aromatic rings. The molecule has 0 aromatic heterocycles. The third-order valence-corrected chi connectivity index (χ3v) is 6.57. The number of carbonyl (C=O) groups is 3. The number of ether oxygens (including phenoxy) is 1. The van der Waals surface area contributed by atoms with Gasteiger partial charge in [-0.3, -0.25) is 14.5 Å². The molecule has 0 aliphatic rings. The maximum absolute atomic E-state index is 12.7. The van der Waals surface area contributed by atoms with Gasteiger partial charge in [-0.05, 0) is 48.2 Å². The first-order valence-corrected chi connectivity index (χ1v) is 12.8. The van der Waals surface area contributed by atoms with Crippen LogP contribution in [0.15, 0.2) is 72.8 Å². The third-order valence-electron chi connectivity index (χ3n) is 6.57. The number of para-hydroxylation sites is 1. The summed E-state index contributed by atoms with van der Waals surface area (Å²) in [6.45, 7) is 5.88. The molecule has 39 heavy (non-hydrogen) atoms. The number of carboxylic acids is 1. The van der Waals surface area contributed by atoms with Gasteiger partial charge in [-0.2, -0.15) is 0 Å². The monoisotopic (exact) mass is 532 g/mol. The molecule has 0 saturated heterocycles. The summed E-state index contributed by atoms with van der Waals surface area (Å²) in [6.07, 6.45) is 0.340. The van der Waals surface area contributed by atoms with Crippen LogP contribution in [0.5, 0.6) is 5.75 Å². The lowest BCUT2D eigenvalue weighted by Gasteiger charge is -2.44. The summed E-state index contributed by atoms with van der Waals surface area (Å²) < 4.78 is 5.63. The highest BCUT2D eigenvalue weighted by atomic mass is 16.5. The van der Waals surface area contributed by atoms with Crippen LogP contribution in [-0.2, 0) is 21.8 Å². The normalized spacial score (nSPS) is 12.3. The fraction of sp³-hybridized carbons (Fsp3) is 0.300. The van der Waals surface area contributed by atoms with E-state index in [2.05, 4.69) is 16.0 Å². The zero-order valence-corrected chi connectivity index (χ0v) is 22.8. The van der Waals surface area contributed by atoms with E-state index in [1.54, 1.807) is 12.1 Å². The van der Waals surface area contributed by atoms with Crippen molar-refractivity contribution in [3.63, 3.8) is 0 Å². The highest BCUT2D eigenvalue weighted by molar-refractivity contribution is 6.01. The van der Waals surface area contributed by atoms with Crippen molar-refractivity contribution >= 4 is 29.3 Å². The Morgan fingerprint density at radius 1 is 0.949 bits per heavy atom. The number of carbonyl (C=O) groups excluding carboxylic acids is 2. The maximum Gasteiger partial charge on any atom is 0.323 e. The molecule has 9 heteroatoms. The SMILES string of the molecule is CCC(NC(C)=O)(c1ccc(NC(=O)Nc2ccccc2C)c(OC)c1)N(CCC(=O)O)Cc1ccccc1. The standard InChI is InChI=1S/C30H36N4O5/c1-5-30(33-22(3)35,34(18-17-28(36)37)20-23-12-7-6-8-13-23)24-15-16-26(27(19-24)39-4)32-29(38)31-25-14-10-9-11-21(25)2/h6-16,19H,5,17-18,20H2,1-4H3,(H,33,35)(H,36,37)(H2,31,32,38). The lowest BCUT2D eigenvalue weighted by molar-refractivity contribution is -0.138. The molecule has 1 unspecified atom stereocenters. The van der Waals surface area contributed by atoms with Gasteiger partial charge in [0.25, 0.3) is 0 Å². The molecule has 0 bridgehead atoms. The number of urea groups is 1. The van der Waals surface area contributed by atoms with Crippen LogP contribution in [0.25, 0.3) is 0 Å². The van der Waals surface area contributed by atoms with Crippen molar-refractivity contribution in [2.45, 2.75) is 45.8 Å². The van der Waals surface area contributed by atoms with E-state index in [4.69, 9.17) is 4.74 Å². The van der Waals surface area contributed by atoms with Crippen molar-refractivity contribution in [1.82, 2.24) is 10.2 Å². The van der Waals surface area contributed by atoms with Crippen molar-refractivity contribution in [3.05, 3.63) is 89.5 Å².